The summed E-state index contributed by atoms with van der Waals surface area (Å²) >= 11 is 1.55. The highest BCUT2D eigenvalue weighted by Gasteiger charge is 2.29. The Bertz CT molecular complexity index is 618. The number of rotatable bonds is 5. The Kier molecular flexibility index (Phi) is 5.38. The third-order valence-corrected chi connectivity index (χ3v) is 4.94. The van der Waals surface area contributed by atoms with Gasteiger partial charge in [-0.05, 0) is 53.1 Å². The molecule has 1 saturated heterocycles. The molecule has 122 valence electrons. The smallest absolute Gasteiger partial charge is 0.325 e. The van der Waals surface area contributed by atoms with Gasteiger partial charge < -0.3 is 5.11 Å². The number of carboxylic acid groups (broad SMARTS) is 1. The lowest BCUT2D eigenvalue weighted by Crippen LogP contribution is -2.37. The van der Waals surface area contributed by atoms with Crippen LogP contribution in [0.3, 0.4) is 0 Å². The maximum absolute atomic E-state index is 11.7. The average Bonchev–Trinajstić information content (AvgIpc) is 2.97. The van der Waals surface area contributed by atoms with Crippen LogP contribution in [0.4, 0.5) is 0 Å². The first kappa shape index (κ1) is 16.1. The van der Waals surface area contributed by atoms with Gasteiger partial charge >= 0.3 is 5.97 Å². The van der Waals surface area contributed by atoms with Crippen molar-refractivity contribution in [3.63, 3.8) is 0 Å². The molecule has 1 aliphatic rings. The Hall–Kier alpha value is -1.76. The summed E-state index contributed by atoms with van der Waals surface area (Å²) in [5, 5.41) is 13.5. The Morgan fingerprint density at radius 1 is 1.22 bits per heavy atom. The van der Waals surface area contributed by atoms with Crippen molar-refractivity contribution in [2.45, 2.75) is 19.0 Å². The summed E-state index contributed by atoms with van der Waals surface area (Å²) in [6.07, 6.45) is 4.62. The third kappa shape index (κ3) is 4.16. The molecule has 0 amide bonds. The summed E-state index contributed by atoms with van der Waals surface area (Å²) < 4.78 is 0. The molecule has 0 spiro atoms. The van der Waals surface area contributed by atoms with Crippen LogP contribution in [0.2, 0.25) is 0 Å². The van der Waals surface area contributed by atoms with Crippen LogP contribution in [0.5, 0.6) is 0 Å². The van der Waals surface area contributed by atoms with Crippen LogP contribution in [0.1, 0.15) is 23.6 Å². The lowest BCUT2D eigenvalue weighted by molar-refractivity contribution is -0.143. The molecule has 0 unspecified atom stereocenters. The van der Waals surface area contributed by atoms with E-state index in [4.69, 9.17) is 0 Å². The number of thiophene rings is 1. The number of nitrogens with zero attached hydrogens (tertiary/aromatic N) is 3. The molecule has 1 fully saturated rings. The van der Waals surface area contributed by atoms with E-state index in [9.17, 15) is 9.90 Å². The molecule has 2 aromatic heterocycles. The number of hydrogen-bond donors (Lipinski definition) is 1. The number of pyridine rings is 1. The molecule has 3 heterocycles. The van der Waals surface area contributed by atoms with Crippen molar-refractivity contribution in [1.29, 1.82) is 0 Å². The molecule has 1 N–H and O–H groups in total. The van der Waals surface area contributed by atoms with Gasteiger partial charge in [0, 0.05) is 38.6 Å². The molecular formula is C17H21N3O2S. The first-order valence-electron chi connectivity index (χ1n) is 7.84. The van der Waals surface area contributed by atoms with Gasteiger partial charge in [0.25, 0.3) is 0 Å². The predicted octanol–water partition coefficient (Wildman–Crippen LogP) is 2.48. The van der Waals surface area contributed by atoms with E-state index in [1.165, 1.54) is 5.56 Å². The molecule has 2 aromatic rings. The van der Waals surface area contributed by atoms with E-state index in [0.29, 0.717) is 0 Å². The Balaban J connectivity index is 1.64. The molecule has 1 atom stereocenters. The highest BCUT2D eigenvalue weighted by molar-refractivity contribution is 7.08. The van der Waals surface area contributed by atoms with Crippen LogP contribution in [0, 0.1) is 0 Å². The number of aromatic nitrogens is 1. The van der Waals surface area contributed by atoms with Crippen molar-refractivity contribution in [2.75, 3.05) is 26.2 Å². The van der Waals surface area contributed by atoms with Gasteiger partial charge in [-0.3, -0.25) is 19.6 Å². The fourth-order valence-corrected chi connectivity index (χ4v) is 3.77. The second kappa shape index (κ2) is 7.68. The lowest BCUT2D eigenvalue weighted by atomic mass is 10.1. The summed E-state index contributed by atoms with van der Waals surface area (Å²) in [5.41, 5.74) is 2.14. The standard InChI is InChI=1S/C17H21N3O2S/c21-17(22)16(15-4-11-23-13-15)20-8-1-7-19(9-10-20)12-14-2-5-18-6-3-14/h2-6,11,13,16H,1,7-10,12H2,(H,21,22)/t16-/m0/s1. The second-order valence-corrected chi connectivity index (χ2v) is 6.60. The van der Waals surface area contributed by atoms with Crippen molar-refractivity contribution in [2.24, 2.45) is 0 Å². The van der Waals surface area contributed by atoms with Crippen molar-refractivity contribution < 1.29 is 9.90 Å². The van der Waals surface area contributed by atoms with Crippen molar-refractivity contribution >= 4 is 17.3 Å². The number of aliphatic carboxylic acids is 1. The molecule has 3 rings (SSSR count). The first-order valence-corrected chi connectivity index (χ1v) is 8.78. The summed E-state index contributed by atoms with van der Waals surface area (Å²) in [5.74, 6) is -0.758. The minimum absolute atomic E-state index is 0.526. The van der Waals surface area contributed by atoms with Crippen LogP contribution < -0.4 is 0 Å². The zero-order valence-electron chi connectivity index (χ0n) is 13.0. The van der Waals surface area contributed by atoms with Crippen LogP contribution in [-0.2, 0) is 11.3 Å². The Morgan fingerprint density at radius 3 is 2.74 bits per heavy atom. The van der Waals surface area contributed by atoms with E-state index < -0.39 is 12.0 Å². The van der Waals surface area contributed by atoms with E-state index in [2.05, 4.69) is 14.8 Å². The third-order valence-electron chi connectivity index (χ3n) is 4.24. The van der Waals surface area contributed by atoms with Crippen molar-refractivity contribution in [3.8, 4) is 0 Å². The summed E-state index contributed by atoms with van der Waals surface area (Å²) in [4.78, 5) is 20.3. The molecule has 5 nitrogen and oxygen atoms in total. The van der Waals surface area contributed by atoms with Gasteiger partial charge in [-0.25, -0.2) is 0 Å². The maximum atomic E-state index is 11.7. The zero-order chi connectivity index (χ0) is 16.1. The Labute approximate surface area is 140 Å². The fraction of sp³-hybridized carbons (Fsp3) is 0.412. The topological polar surface area (TPSA) is 56.7 Å². The zero-order valence-corrected chi connectivity index (χ0v) is 13.8. The molecule has 1 aliphatic heterocycles. The lowest BCUT2D eigenvalue weighted by Gasteiger charge is -2.27. The highest BCUT2D eigenvalue weighted by atomic mass is 32.1. The summed E-state index contributed by atoms with van der Waals surface area (Å²) in [6.45, 7) is 4.37. The number of hydrogen-bond acceptors (Lipinski definition) is 5. The molecular weight excluding hydrogens is 310 g/mol. The van der Waals surface area contributed by atoms with Crippen LogP contribution in [0.25, 0.3) is 0 Å². The predicted molar refractivity (Wildman–Crippen MR) is 90.4 cm³/mol. The molecule has 0 radical (unpaired) electrons. The number of carboxylic acids is 1. The SMILES string of the molecule is O=C(O)[C@H](c1ccsc1)N1CCCN(Cc2ccncc2)CC1. The highest BCUT2D eigenvalue weighted by Crippen LogP contribution is 2.25. The molecule has 23 heavy (non-hydrogen) atoms. The van der Waals surface area contributed by atoms with E-state index in [1.807, 2.05) is 41.4 Å². The van der Waals surface area contributed by atoms with E-state index >= 15 is 0 Å². The van der Waals surface area contributed by atoms with Gasteiger partial charge in [-0.15, -0.1) is 0 Å². The minimum atomic E-state index is -0.758. The summed E-state index contributed by atoms with van der Waals surface area (Å²) in [7, 11) is 0. The summed E-state index contributed by atoms with van der Waals surface area (Å²) in [6, 6.07) is 5.47. The van der Waals surface area contributed by atoms with Crippen LogP contribution in [0.15, 0.2) is 41.4 Å². The van der Waals surface area contributed by atoms with Crippen molar-refractivity contribution in [1.82, 2.24) is 14.8 Å². The van der Waals surface area contributed by atoms with Gasteiger partial charge in [0.1, 0.15) is 6.04 Å². The normalized spacial score (nSPS) is 18.4. The van der Waals surface area contributed by atoms with E-state index in [0.717, 1.165) is 44.7 Å². The monoisotopic (exact) mass is 331 g/mol. The van der Waals surface area contributed by atoms with Gasteiger partial charge in [0.05, 0.1) is 0 Å². The van der Waals surface area contributed by atoms with Crippen LogP contribution in [-0.4, -0.2) is 52.0 Å². The van der Waals surface area contributed by atoms with Gasteiger partial charge in [0.15, 0.2) is 0 Å². The molecule has 0 aromatic carbocycles. The van der Waals surface area contributed by atoms with Crippen molar-refractivity contribution in [3.05, 3.63) is 52.5 Å². The molecule has 0 saturated carbocycles. The van der Waals surface area contributed by atoms with Gasteiger partial charge in [-0.2, -0.15) is 11.3 Å². The van der Waals surface area contributed by atoms with Gasteiger partial charge in [-0.1, -0.05) is 0 Å². The fourth-order valence-electron chi connectivity index (χ4n) is 3.09. The molecule has 6 heteroatoms. The van der Waals surface area contributed by atoms with E-state index in [1.54, 1.807) is 11.3 Å². The quantitative estimate of drug-likeness (QED) is 0.912. The first-order chi connectivity index (χ1) is 11.2. The number of carbonyl (C=O) groups is 1. The average molecular weight is 331 g/mol. The largest absolute Gasteiger partial charge is 0.480 e. The molecule has 0 bridgehead atoms. The molecule has 0 aliphatic carbocycles. The minimum Gasteiger partial charge on any atom is -0.480 e. The Morgan fingerprint density at radius 2 is 2.04 bits per heavy atom. The van der Waals surface area contributed by atoms with Gasteiger partial charge in [0.2, 0.25) is 0 Å². The second-order valence-electron chi connectivity index (χ2n) is 5.82. The maximum Gasteiger partial charge on any atom is 0.325 e. The van der Waals surface area contributed by atoms with Crippen LogP contribution >= 0.6 is 11.3 Å². The van der Waals surface area contributed by atoms with E-state index in [-0.39, 0.29) is 0 Å².